The van der Waals surface area contributed by atoms with Crippen molar-refractivity contribution in [1.82, 2.24) is 19.8 Å². The molecule has 1 aliphatic heterocycles. The molecular formula is C23H24N4O5. The predicted octanol–water partition coefficient (Wildman–Crippen LogP) is 2.14. The molecule has 0 spiro atoms. The quantitative estimate of drug-likeness (QED) is 0.485. The summed E-state index contributed by atoms with van der Waals surface area (Å²) in [4.78, 5) is 49.3. The lowest BCUT2D eigenvalue weighted by Gasteiger charge is -2.39. The smallest absolute Gasteiger partial charge is 0.295 e. The molecule has 3 heterocycles. The van der Waals surface area contributed by atoms with Crippen LogP contribution in [0.4, 0.5) is 0 Å². The molecule has 2 amide bonds. The fourth-order valence-corrected chi connectivity index (χ4v) is 4.04. The number of rotatable bonds is 5. The largest absolute Gasteiger partial charge is 0.494 e. The summed E-state index contributed by atoms with van der Waals surface area (Å²) in [5, 5.41) is 0.447. The number of fused-ring (bicyclic) bond motifs is 1. The molecule has 166 valence electrons. The Morgan fingerprint density at radius 3 is 2.50 bits per heavy atom. The van der Waals surface area contributed by atoms with Crippen LogP contribution in [0.5, 0.6) is 11.6 Å². The van der Waals surface area contributed by atoms with E-state index in [2.05, 4.69) is 9.97 Å². The third kappa shape index (κ3) is 3.66. The number of ether oxygens (including phenoxy) is 2. The topological polar surface area (TPSA) is 105 Å². The average Bonchev–Trinajstić information content (AvgIpc) is 3.28. The van der Waals surface area contributed by atoms with E-state index in [1.165, 1.54) is 31.5 Å². The summed E-state index contributed by atoms with van der Waals surface area (Å²) >= 11 is 0. The minimum atomic E-state index is -0.655. The van der Waals surface area contributed by atoms with Gasteiger partial charge in [-0.3, -0.25) is 14.4 Å². The van der Waals surface area contributed by atoms with Crippen molar-refractivity contribution in [2.24, 2.45) is 0 Å². The van der Waals surface area contributed by atoms with Crippen molar-refractivity contribution in [1.29, 1.82) is 0 Å². The fourth-order valence-electron chi connectivity index (χ4n) is 4.04. The van der Waals surface area contributed by atoms with Gasteiger partial charge in [-0.2, -0.15) is 0 Å². The number of H-pyrrole nitrogens is 1. The molecule has 32 heavy (non-hydrogen) atoms. The average molecular weight is 436 g/mol. The van der Waals surface area contributed by atoms with E-state index in [4.69, 9.17) is 9.47 Å². The number of benzene rings is 1. The second-order valence-corrected chi connectivity index (χ2v) is 7.58. The molecule has 2 aromatic heterocycles. The highest BCUT2D eigenvalue weighted by molar-refractivity contribution is 6.45. The van der Waals surface area contributed by atoms with Gasteiger partial charge in [0, 0.05) is 37.4 Å². The highest BCUT2D eigenvalue weighted by Gasteiger charge is 2.35. The van der Waals surface area contributed by atoms with E-state index < -0.39 is 11.7 Å². The summed E-state index contributed by atoms with van der Waals surface area (Å²) in [5.74, 6) is -0.699. The van der Waals surface area contributed by atoms with Gasteiger partial charge in [0.05, 0.1) is 31.4 Å². The summed E-state index contributed by atoms with van der Waals surface area (Å²) < 4.78 is 10.6. The standard InChI is InChI=1S/C23H24N4O5/c1-14-13-26(22(29)15-7-5-4-6-8-15)9-10-27(14)23(30)20(28)16-11-24-19-18(16)17(31-2)12-25-21(19)32-3/h4-8,11-12,14,24H,9-10,13H2,1-3H3/t14-/m1/s1. The number of piperazine rings is 1. The van der Waals surface area contributed by atoms with Gasteiger partial charge >= 0.3 is 0 Å². The third-order valence-electron chi connectivity index (χ3n) is 5.69. The van der Waals surface area contributed by atoms with Gasteiger partial charge in [0.15, 0.2) is 0 Å². The Hall–Kier alpha value is -3.88. The molecule has 4 rings (SSSR count). The molecule has 0 bridgehead atoms. The van der Waals surface area contributed by atoms with E-state index in [1.807, 2.05) is 25.1 Å². The first-order valence-corrected chi connectivity index (χ1v) is 10.2. The number of methoxy groups -OCH3 is 2. The normalized spacial score (nSPS) is 16.2. The van der Waals surface area contributed by atoms with E-state index in [9.17, 15) is 14.4 Å². The van der Waals surface area contributed by atoms with Crippen LogP contribution in [0.3, 0.4) is 0 Å². The van der Waals surface area contributed by atoms with Gasteiger partial charge < -0.3 is 24.3 Å². The van der Waals surface area contributed by atoms with Crippen LogP contribution in [0.2, 0.25) is 0 Å². The van der Waals surface area contributed by atoms with Crippen molar-refractivity contribution in [3.8, 4) is 11.6 Å². The van der Waals surface area contributed by atoms with Crippen LogP contribution >= 0.6 is 0 Å². The van der Waals surface area contributed by atoms with Gasteiger partial charge in [-0.05, 0) is 19.1 Å². The first kappa shape index (κ1) is 21.4. The number of nitrogens with zero attached hydrogens (tertiary/aromatic N) is 3. The Bertz CT molecular complexity index is 1170. The van der Waals surface area contributed by atoms with Crippen molar-refractivity contribution in [2.45, 2.75) is 13.0 Å². The molecule has 1 aromatic carbocycles. The highest BCUT2D eigenvalue weighted by Crippen LogP contribution is 2.33. The van der Waals surface area contributed by atoms with E-state index >= 15 is 0 Å². The van der Waals surface area contributed by atoms with Crippen LogP contribution in [0, 0.1) is 0 Å². The van der Waals surface area contributed by atoms with Crippen LogP contribution in [0.1, 0.15) is 27.6 Å². The van der Waals surface area contributed by atoms with Crippen LogP contribution in [-0.2, 0) is 4.79 Å². The van der Waals surface area contributed by atoms with Crippen LogP contribution < -0.4 is 9.47 Å². The number of pyridine rings is 1. The lowest BCUT2D eigenvalue weighted by Crippen LogP contribution is -2.56. The summed E-state index contributed by atoms with van der Waals surface area (Å²) in [6, 6.07) is 8.71. The lowest BCUT2D eigenvalue weighted by molar-refractivity contribution is -0.130. The highest BCUT2D eigenvalue weighted by atomic mass is 16.5. The van der Waals surface area contributed by atoms with E-state index in [0.29, 0.717) is 41.2 Å². The van der Waals surface area contributed by atoms with Gasteiger partial charge in [-0.1, -0.05) is 18.2 Å². The van der Waals surface area contributed by atoms with Gasteiger partial charge in [0.25, 0.3) is 17.6 Å². The number of hydrogen-bond donors (Lipinski definition) is 1. The second kappa shape index (κ2) is 8.70. The molecule has 1 N–H and O–H groups in total. The monoisotopic (exact) mass is 436 g/mol. The van der Waals surface area contributed by atoms with Gasteiger partial charge in [0.2, 0.25) is 5.88 Å². The van der Waals surface area contributed by atoms with Crippen molar-refractivity contribution in [2.75, 3.05) is 33.9 Å². The van der Waals surface area contributed by atoms with Gasteiger partial charge in [-0.15, -0.1) is 0 Å². The summed E-state index contributed by atoms with van der Waals surface area (Å²) in [6.07, 6.45) is 2.92. The Morgan fingerprint density at radius 1 is 1.09 bits per heavy atom. The lowest BCUT2D eigenvalue weighted by atomic mass is 10.1. The zero-order valence-electron chi connectivity index (χ0n) is 18.1. The van der Waals surface area contributed by atoms with Crippen LogP contribution in [-0.4, -0.2) is 77.3 Å². The van der Waals surface area contributed by atoms with E-state index in [0.717, 1.165) is 0 Å². The zero-order chi connectivity index (χ0) is 22.8. The number of Topliss-reactive ketones (excluding diaryl/α,β-unsaturated/α-hetero) is 1. The Kier molecular flexibility index (Phi) is 5.81. The predicted molar refractivity (Wildman–Crippen MR) is 117 cm³/mol. The molecule has 3 aromatic rings. The maximum atomic E-state index is 13.2. The first-order chi connectivity index (χ1) is 15.5. The molecule has 0 saturated carbocycles. The van der Waals surface area contributed by atoms with Gasteiger partial charge in [0.1, 0.15) is 11.3 Å². The SMILES string of the molecule is COc1ncc(OC)c2c(C(=O)C(=O)N3CCN(C(=O)c4ccccc4)C[C@H]3C)c[nH]c12. The maximum absolute atomic E-state index is 13.2. The van der Waals surface area contributed by atoms with Crippen molar-refractivity contribution >= 4 is 28.5 Å². The molecule has 1 fully saturated rings. The van der Waals surface area contributed by atoms with E-state index in [1.54, 1.807) is 17.0 Å². The van der Waals surface area contributed by atoms with Crippen molar-refractivity contribution < 1.29 is 23.9 Å². The van der Waals surface area contributed by atoms with Crippen LogP contribution in [0.25, 0.3) is 10.9 Å². The summed E-state index contributed by atoms with van der Waals surface area (Å²) in [6.45, 7) is 2.81. The molecule has 0 aliphatic carbocycles. The minimum absolute atomic E-state index is 0.0863. The number of amides is 2. The van der Waals surface area contributed by atoms with Crippen LogP contribution in [0.15, 0.2) is 42.7 Å². The molecule has 1 saturated heterocycles. The summed E-state index contributed by atoms with van der Waals surface area (Å²) in [5.41, 5.74) is 1.27. The number of aromatic nitrogens is 2. The molecule has 0 radical (unpaired) electrons. The number of ketones is 1. The number of carbonyl (C=O) groups is 3. The summed E-state index contributed by atoms with van der Waals surface area (Å²) in [7, 11) is 2.94. The van der Waals surface area contributed by atoms with Crippen molar-refractivity contribution in [3.63, 3.8) is 0 Å². The number of nitrogens with one attached hydrogen (secondary N) is 1. The van der Waals surface area contributed by atoms with Crippen molar-refractivity contribution in [3.05, 3.63) is 53.9 Å². The number of carbonyl (C=O) groups excluding carboxylic acids is 3. The third-order valence-corrected chi connectivity index (χ3v) is 5.69. The molecule has 9 nitrogen and oxygen atoms in total. The van der Waals surface area contributed by atoms with Gasteiger partial charge in [-0.25, -0.2) is 4.98 Å². The molecule has 9 heteroatoms. The Morgan fingerprint density at radius 2 is 1.84 bits per heavy atom. The number of hydrogen-bond acceptors (Lipinski definition) is 6. The minimum Gasteiger partial charge on any atom is -0.494 e. The zero-order valence-corrected chi connectivity index (χ0v) is 18.1. The molecule has 0 unspecified atom stereocenters. The maximum Gasteiger partial charge on any atom is 0.295 e. The molecule has 1 aliphatic rings. The molecular weight excluding hydrogens is 412 g/mol. The first-order valence-electron chi connectivity index (χ1n) is 10.2. The number of aromatic amines is 1. The molecule has 1 atom stereocenters. The Balaban J connectivity index is 1.54. The fraction of sp³-hybridized carbons (Fsp3) is 0.304. The second-order valence-electron chi connectivity index (χ2n) is 7.58. The Labute approximate surface area is 184 Å². The van der Waals surface area contributed by atoms with E-state index in [-0.39, 0.29) is 24.1 Å².